The van der Waals surface area contributed by atoms with E-state index >= 15 is 0 Å². The molecule has 26 heavy (non-hydrogen) atoms. The monoisotopic (exact) mass is 565 g/mol. The predicted octanol–water partition coefficient (Wildman–Crippen LogP) is -8.01. The molecule has 13 nitrogen and oxygen atoms in total. The van der Waals surface area contributed by atoms with Crippen LogP contribution in [0.2, 0.25) is 0 Å². The van der Waals surface area contributed by atoms with Crippen molar-refractivity contribution in [2.75, 3.05) is 0 Å². The molecule has 0 amide bonds. The molecule has 0 aliphatic heterocycles. The van der Waals surface area contributed by atoms with E-state index in [0.29, 0.717) is 0 Å². The number of aliphatic hydroxyl groups is 4. The molecule has 14 heteroatoms. The minimum Gasteiger partial charge on any atom is -0.547 e. The van der Waals surface area contributed by atoms with Gasteiger partial charge in [0.05, 0.1) is 48.3 Å². The van der Waals surface area contributed by atoms with Crippen LogP contribution in [0.4, 0.5) is 0 Å². The van der Waals surface area contributed by atoms with Crippen LogP contribution in [0.15, 0.2) is 0 Å². The zero-order chi connectivity index (χ0) is 20.6. The summed E-state index contributed by atoms with van der Waals surface area (Å²) in [5.41, 5.74) is 0. The van der Waals surface area contributed by atoms with Gasteiger partial charge in [-0.1, -0.05) is 0 Å². The fourth-order valence-electron chi connectivity index (χ4n) is 0. The van der Waals surface area contributed by atoms with E-state index in [1.54, 1.807) is 0 Å². The number of hydrogen-bond donors (Lipinski definition) is 4. The van der Waals surface area contributed by atoms with E-state index in [1.807, 2.05) is 0 Å². The van der Waals surface area contributed by atoms with Crippen LogP contribution in [-0.2, 0) is 40.2 Å². The molecule has 0 heterocycles. The Labute approximate surface area is 163 Å². The van der Waals surface area contributed by atoms with Gasteiger partial charge in [-0.25, -0.2) is 0 Å². The molecule has 4 N–H and O–H groups in total. The molecule has 0 aromatic heterocycles. The van der Waals surface area contributed by atoms with Gasteiger partial charge >= 0.3 is 21.1 Å². The minimum absolute atomic E-state index is 0. The second kappa shape index (κ2) is 23.4. The Morgan fingerprint density at radius 3 is 0.577 bits per heavy atom. The van der Waals surface area contributed by atoms with Gasteiger partial charge < -0.3 is 60.0 Å². The average molecular weight is 565 g/mol. The Kier molecular flexibility index (Phi) is 35.4. The van der Waals surface area contributed by atoms with Crippen LogP contribution < -0.4 is 26.6 Å². The van der Waals surface area contributed by atoms with Gasteiger partial charge in [0.15, 0.2) is 0 Å². The van der Waals surface area contributed by atoms with Gasteiger partial charge in [0.25, 0.3) is 0 Å². The van der Waals surface area contributed by atoms with Crippen molar-refractivity contribution in [2.45, 2.75) is 52.1 Å². The third kappa shape index (κ3) is 49.5. The summed E-state index contributed by atoms with van der Waals surface area (Å²) in [6, 6.07) is 0. The maximum atomic E-state index is 9.34. The van der Waals surface area contributed by atoms with Gasteiger partial charge in [0, 0.05) is 6.15 Å². The molecular weight excluding hydrogens is 545 g/mol. The van der Waals surface area contributed by atoms with Crippen molar-refractivity contribution in [1.82, 2.24) is 6.15 Å². The number of carbonyl (C=O) groups excluding carboxylic acids is 4. The van der Waals surface area contributed by atoms with Crippen molar-refractivity contribution in [2.24, 2.45) is 0 Å². The third-order valence-electron chi connectivity index (χ3n) is 1.36. The normalized spacial score (nSPS) is 12.6. The Balaban J connectivity index is -0.0000000500. The number of nitrogens with zero attached hydrogens (tertiary/aromatic N) is 1. The predicted molar refractivity (Wildman–Crippen MR) is 68.9 cm³/mol. The van der Waals surface area contributed by atoms with Crippen LogP contribution >= 0.6 is 0 Å². The van der Waals surface area contributed by atoms with Gasteiger partial charge in [-0.15, -0.1) is 0 Å². The molecule has 3 radical (unpaired) electrons. The molecule has 0 saturated heterocycles. The van der Waals surface area contributed by atoms with Crippen molar-refractivity contribution < 1.29 is 81.1 Å². The smallest absolute Gasteiger partial charge is 0.547 e. The number of rotatable bonds is 4. The second-order valence-electron chi connectivity index (χ2n) is 3.98. The first-order valence-electron chi connectivity index (χ1n) is 6.13. The molecule has 0 saturated carbocycles. The summed E-state index contributed by atoms with van der Waals surface area (Å²) in [7, 11) is 0. The van der Waals surface area contributed by atoms with Crippen molar-refractivity contribution in [3.63, 3.8) is 0 Å². The fraction of sp³-hybridized carbons (Fsp3) is 0.667. The first-order valence-corrected chi connectivity index (χ1v) is 6.13. The summed E-state index contributed by atoms with van der Waals surface area (Å²) in [4.78, 5) is 37.4. The zero-order valence-corrected chi connectivity index (χ0v) is 16.4. The van der Waals surface area contributed by atoms with E-state index in [0.717, 1.165) is 27.7 Å². The van der Waals surface area contributed by atoms with Crippen molar-refractivity contribution in [3.8, 4) is 0 Å². The molecule has 0 bridgehead atoms. The molecule has 0 spiro atoms. The number of aliphatic hydroxyl groups excluding tert-OH is 4. The number of carboxylic acids is 4. The van der Waals surface area contributed by atoms with Gasteiger partial charge in [-0.2, -0.15) is 0 Å². The number of hydrogen-bond acceptors (Lipinski definition) is 12. The Morgan fingerprint density at radius 1 is 0.538 bits per heavy atom. The van der Waals surface area contributed by atoms with E-state index < -0.39 is 48.3 Å². The fourth-order valence-corrected chi connectivity index (χ4v) is 0. The topological polar surface area (TPSA) is 272 Å². The van der Waals surface area contributed by atoms with Crippen LogP contribution in [0.25, 0.3) is 0 Å². The summed E-state index contributed by atoms with van der Waals surface area (Å²) >= 11 is 0. The van der Waals surface area contributed by atoms with Crippen LogP contribution in [-0.4, -0.2) is 68.7 Å². The van der Waals surface area contributed by atoms with E-state index in [4.69, 9.17) is 20.4 Å². The minimum atomic E-state index is -1.44. The van der Waals surface area contributed by atoms with Crippen molar-refractivity contribution in [1.29, 1.82) is 0 Å². The summed E-state index contributed by atoms with van der Waals surface area (Å²) in [6.45, 7) is 4.54. The first kappa shape index (κ1) is 39.4. The van der Waals surface area contributed by atoms with Gasteiger partial charge in [-0.05, 0) is 27.7 Å². The molecule has 155 valence electrons. The maximum absolute atomic E-state index is 9.34. The van der Waals surface area contributed by atoms with Crippen LogP contribution in [0.5, 0.6) is 0 Å². The molecular formula is C12H20NO12Pt. The van der Waals surface area contributed by atoms with Crippen molar-refractivity contribution in [3.05, 3.63) is 0 Å². The molecule has 0 aliphatic rings. The second-order valence-corrected chi connectivity index (χ2v) is 3.98. The zero-order valence-electron chi connectivity index (χ0n) is 14.1. The molecule has 0 rings (SSSR count). The molecule has 4 unspecified atom stereocenters. The maximum Gasteiger partial charge on any atom is 4.00 e. The first-order chi connectivity index (χ1) is 10.6. The largest absolute Gasteiger partial charge is 4.00 e. The van der Waals surface area contributed by atoms with E-state index in [9.17, 15) is 39.6 Å². The standard InChI is InChI=1S/4C3H6O3.N.Pt/c4*1-2(4)3(5)6;;/h4*2,4H,1H3,(H,5,6);;/q;;;;;+4/p-4. The van der Waals surface area contributed by atoms with Gasteiger partial charge in [0.2, 0.25) is 0 Å². The number of carbonyl (C=O) groups is 4. The van der Waals surface area contributed by atoms with E-state index in [-0.39, 0.29) is 27.2 Å². The van der Waals surface area contributed by atoms with Crippen LogP contribution in [0.1, 0.15) is 27.7 Å². The summed E-state index contributed by atoms with van der Waals surface area (Å²) in [5.74, 6) is -5.74. The molecule has 0 aromatic carbocycles. The quantitative estimate of drug-likeness (QED) is 0.247. The molecule has 4 atom stereocenters. The van der Waals surface area contributed by atoms with Gasteiger partial charge in [-0.3, -0.25) is 0 Å². The summed E-state index contributed by atoms with van der Waals surface area (Å²) in [6.07, 6.45) is -5.37. The Bertz CT molecular complexity index is 312. The molecule has 0 aromatic rings. The number of aliphatic carboxylic acids is 4. The molecule has 0 aliphatic carbocycles. The summed E-state index contributed by atoms with van der Waals surface area (Å²) in [5, 5.41) is 69.2. The Morgan fingerprint density at radius 2 is 0.577 bits per heavy atom. The van der Waals surface area contributed by atoms with Gasteiger partial charge in [0.1, 0.15) is 0 Å². The average Bonchev–Trinajstić information content (AvgIpc) is 2.40. The molecule has 0 fully saturated rings. The van der Waals surface area contributed by atoms with Crippen LogP contribution in [0.3, 0.4) is 0 Å². The van der Waals surface area contributed by atoms with Crippen LogP contribution in [0, 0.1) is 0 Å². The number of carboxylic acid groups (broad SMARTS) is 4. The van der Waals surface area contributed by atoms with E-state index in [2.05, 4.69) is 0 Å². The SMILES string of the molecule is CC(O)C(=O)[O-].CC(O)C(=O)[O-].CC(O)C(=O)[O-].CC(O)C(=O)[O-].[N].[Pt+4]. The summed E-state index contributed by atoms with van der Waals surface area (Å²) < 4.78 is 0. The Hall–Kier alpha value is -1.63. The van der Waals surface area contributed by atoms with Crippen molar-refractivity contribution >= 4 is 23.9 Å². The van der Waals surface area contributed by atoms with E-state index in [1.165, 1.54) is 0 Å². The third-order valence-corrected chi connectivity index (χ3v) is 1.36.